The Kier molecular flexibility index (Phi) is 6.98. The molecule has 1 N–H and O–H groups in total. The third-order valence-corrected chi connectivity index (χ3v) is 7.04. The molecule has 2 aliphatic heterocycles. The number of hydrogen-bond donors (Lipinski definition) is 1. The summed E-state index contributed by atoms with van der Waals surface area (Å²) >= 11 is 0. The second kappa shape index (κ2) is 9.90. The number of hydrogen-bond acceptors (Lipinski definition) is 4. The van der Waals surface area contributed by atoms with Crippen LogP contribution in [0.25, 0.3) is 11.0 Å². The summed E-state index contributed by atoms with van der Waals surface area (Å²) in [6.45, 7) is 12.9. The van der Waals surface area contributed by atoms with Gasteiger partial charge < -0.3 is 19.7 Å². The lowest BCUT2D eigenvalue weighted by Gasteiger charge is -2.37. The molecule has 0 radical (unpaired) electrons. The molecule has 0 spiro atoms. The molecule has 0 saturated carbocycles. The number of nitrogens with zero attached hydrogens (tertiary/aromatic N) is 5. The molecule has 2 aromatic heterocycles. The summed E-state index contributed by atoms with van der Waals surface area (Å²) < 4.78 is 0. The molecule has 2 aromatic rings. The molecule has 1 atom stereocenters. The largest absolute Gasteiger partial charge is 0.343 e. The summed E-state index contributed by atoms with van der Waals surface area (Å²) in [4.78, 5) is 41.1. The fourth-order valence-corrected chi connectivity index (χ4v) is 5.13. The molecule has 4 rings (SSSR count). The zero-order valence-corrected chi connectivity index (χ0v) is 19.6. The summed E-state index contributed by atoms with van der Waals surface area (Å²) in [5.41, 5.74) is 3.45. The quantitative estimate of drug-likeness (QED) is 0.776. The summed E-state index contributed by atoms with van der Waals surface area (Å²) in [5, 5.41) is 1.17. The SMILES string of the molecule is CCN(CC)C(=O)N1CCN(Cc2c([C@@H]3CCCN(C(C)=O)C3)[nH]c3ncccc23)CC1. The monoisotopic (exact) mass is 440 g/mol. The first-order valence-corrected chi connectivity index (χ1v) is 12.0. The van der Waals surface area contributed by atoms with Crippen molar-refractivity contribution in [3.05, 3.63) is 29.6 Å². The van der Waals surface area contributed by atoms with Gasteiger partial charge in [0.2, 0.25) is 5.91 Å². The highest BCUT2D eigenvalue weighted by molar-refractivity contribution is 5.81. The Hall–Kier alpha value is -2.61. The molecule has 2 aliphatic rings. The molecule has 4 heterocycles. The minimum absolute atomic E-state index is 0.151. The van der Waals surface area contributed by atoms with Gasteiger partial charge in [-0.3, -0.25) is 9.69 Å². The summed E-state index contributed by atoms with van der Waals surface area (Å²) in [5.74, 6) is 0.460. The number of aromatic amines is 1. The van der Waals surface area contributed by atoms with Crippen molar-refractivity contribution in [2.45, 2.75) is 46.1 Å². The molecule has 8 heteroatoms. The predicted molar refractivity (Wildman–Crippen MR) is 125 cm³/mol. The van der Waals surface area contributed by atoms with Crippen molar-refractivity contribution in [3.8, 4) is 0 Å². The normalized spacial score (nSPS) is 20.0. The van der Waals surface area contributed by atoms with Gasteiger partial charge in [-0.05, 0) is 44.4 Å². The number of nitrogens with one attached hydrogen (secondary N) is 1. The van der Waals surface area contributed by atoms with E-state index in [-0.39, 0.29) is 11.9 Å². The van der Waals surface area contributed by atoms with Gasteiger partial charge in [-0.15, -0.1) is 0 Å². The predicted octanol–water partition coefficient (Wildman–Crippen LogP) is 2.87. The number of aromatic nitrogens is 2. The van der Waals surface area contributed by atoms with Gasteiger partial charge in [0, 0.05) is 89.0 Å². The lowest BCUT2D eigenvalue weighted by atomic mass is 9.91. The maximum atomic E-state index is 12.7. The fraction of sp³-hybridized carbons (Fsp3) is 0.625. The van der Waals surface area contributed by atoms with Gasteiger partial charge >= 0.3 is 6.03 Å². The number of likely N-dealkylation sites (tertiary alicyclic amines) is 1. The first kappa shape index (κ1) is 22.6. The van der Waals surface area contributed by atoms with Crippen LogP contribution >= 0.6 is 0 Å². The number of H-pyrrole nitrogens is 1. The van der Waals surface area contributed by atoms with E-state index in [1.165, 1.54) is 16.6 Å². The molecule has 32 heavy (non-hydrogen) atoms. The summed E-state index contributed by atoms with van der Waals surface area (Å²) in [7, 11) is 0. The van der Waals surface area contributed by atoms with Gasteiger partial charge in [-0.25, -0.2) is 9.78 Å². The van der Waals surface area contributed by atoms with E-state index in [9.17, 15) is 9.59 Å². The van der Waals surface area contributed by atoms with Gasteiger partial charge in [0.15, 0.2) is 0 Å². The average molecular weight is 441 g/mol. The molecule has 0 aromatic carbocycles. The Morgan fingerprint density at radius 1 is 1.12 bits per heavy atom. The van der Waals surface area contributed by atoms with Crippen LogP contribution in [0.4, 0.5) is 4.79 Å². The van der Waals surface area contributed by atoms with Crippen molar-refractivity contribution in [2.24, 2.45) is 0 Å². The number of urea groups is 1. The highest BCUT2D eigenvalue weighted by atomic mass is 16.2. The third kappa shape index (κ3) is 4.60. The molecule has 3 amide bonds. The zero-order valence-electron chi connectivity index (χ0n) is 19.6. The highest BCUT2D eigenvalue weighted by Gasteiger charge is 2.29. The Balaban J connectivity index is 1.50. The Labute approximate surface area is 190 Å². The molecular formula is C24H36N6O2. The molecule has 2 fully saturated rings. The first-order valence-electron chi connectivity index (χ1n) is 12.0. The smallest absolute Gasteiger partial charge is 0.320 e. The van der Waals surface area contributed by atoms with Crippen molar-refractivity contribution in [3.63, 3.8) is 0 Å². The molecular weight excluding hydrogens is 404 g/mol. The second-order valence-corrected chi connectivity index (χ2v) is 8.94. The standard InChI is InChI=1S/C24H36N6O2/c1-4-28(5-2)24(32)29-14-12-27(13-15-29)17-21-20-9-6-10-25-23(20)26-22(21)19-8-7-11-30(16-19)18(3)31/h6,9-10,19H,4-5,7-8,11-17H2,1-3H3,(H,25,26)/t19-/m1/s1. The van der Waals surface area contributed by atoms with Crippen LogP contribution in [0, 0.1) is 0 Å². The van der Waals surface area contributed by atoms with E-state index in [2.05, 4.69) is 20.9 Å². The van der Waals surface area contributed by atoms with Gasteiger partial charge in [0.1, 0.15) is 5.65 Å². The summed E-state index contributed by atoms with van der Waals surface area (Å²) in [6.07, 6.45) is 3.93. The fourth-order valence-electron chi connectivity index (χ4n) is 5.13. The minimum atomic E-state index is 0.151. The Morgan fingerprint density at radius 3 is 2.56 bits per heavy atom. The molecule has 0 unspecified atom stereocenters. The van der Waals surface area contributed by atoms with Crippen LogP contribution in [0.15, 0.2) is 18.3 Å². The van der Waals surface area contributed by atoms with Crippen LogP contribution in [0.2, 0.25) is 0 Å². The molecule has 0 bridgehead atoms. The van der Waals surface area contributed by atoms with E-state index >= 15 is 0 Å². The van der Waals surface area contributed by atoms with Crippen LogP contribution in [-0.2, 0) is 11.3 Å². The maximum Gasteiger partial charge on any atom is 0.320 e. The number of carbonyl (C=O) groups excluding carboxylic acids is 2. The van der Waals surface area contributed by atoms with Gasteiger partial charge in [-0.1, -0.05) is 0 Å². The number of piperazine rings is 1. The van der Waals surface area contributed by atoms with E-state index in [4.69, 9.17) is 0 Å². The van der Waals surface area contributed by atoms with E-state index in [0.29, 0.717) is 5.92 Å². The van der Waals surface area contributed by atoms with Crippen LogP contribution in [0.3, 0.4) is 0 Å². The Morgan fingerprint density at radius 2 is 1.88 bits per heavy atom. The van der Waals surface area contributed by atoms with Crippen LogP contribution in [-0.4, -0.2) is 93.9 Å². The van der Waals surface area contributed by atoms with Crippen LogP contribution in [0.5, 0.6) is 0 Å². The van der Waals surface area contributed by atoms with Crippen LogP contribution < -0.4 is 0 Å². The maximum absolute atomic E-state index is 12.7. The first-order chi connectivity index (χ1) is 15.5. The second-order valence-electron chi connectivity index (χ2n) is 8.94. The zero-order chi connectivity index (χ0) is 22.7. The van der Waals surface area contributed by atoms with Crippen molar-refractivity contribution in [1.82, 2.24) is 29.6 Å². The highest BCUT2D eigenvalue weighted by Crippen LogP contribution is 2.33. The van der Waals surface area contributed by atoms with Gasteiger partial charge in [-0.2, -0.15) is 0 Å². The van der Waals surface area contributed by atoms with E-state index in [1.54, 1.807) is 6.92 Å². The Bertz CT molecular complexity index is 945. The number of rotatable bonds is 5. The summed E-state index contributed by atoms with van der Waals surface area (Å²) in [6, 6.07) is 4.29. The number of amides is 3. The van der Waals surface area contributed by atoms with Crippen molar-refractivity contribution >= 4 is 23.0 Å². The van der Waals surface area contributed by atoms with E-state index in [0.717, 1.165) is 77.4 Å². The van der Waals surface area contributed by atoms with Crippen molar-refractivity contribution < 1.29 is 9.59 Å². The number of fused-ring (bicyclic) bond motifs is 1. The number of carbonyl (C=O) groups is 2. The molecule has 174 valence electrons. The number of piperidine rings is 1. The topological polar surface area (TPSA) is 75.8 Å². The van der Waals surface area contributed by atoms with E-state index in [1.807, 2.05) is 40.8 Å². The number of pyridine rings is 1. The molecule has 0 aliphatic carbocycles. The lowest BCUT2D eigenvalue weighted by molar-refractivity contribution is -0.130. The van der Waals surface area contributed by atoms with Crippen molar-refractivity contribution in [2.75, 3.05) is 52.4 Å². The lowest BCUT2D eigenvalue weighted by Crippen LogP contribution is -2.52. The van der Waals surface area contributed by atoms with E-state index < -0.39 is 0 Å². The van der Waals surface area contributed by atoms with Crippen molar-refractivity contribution in [1.29, 1.82) is 0 Å². The molecule has 2 saturated heterocycles. The third-order valence-electron chi connectivity index (χ3n) is 7.04. The van der Waals surface area contributed by atoms with Gasteiger partial charge in [0.25, 0.3) is 0 Å². The minimum Gasteiger partial charge on any atom is -0.343 e. The molecule has 8 nitrogen and oxygen atoms in total. The van der Waals surface area contributed by atoms with Gasteiger partial charge in [0.05, 0.1) is 0 Å². The van der Waals surface area contributed by atoms with Crippen LogP contribution in [0.1, 0.15) is 50.8 Å². The average Bonchev–Trinajstić information content (AvgIpc) is 3.19.